The maximum absolute atomic E-state index is 13.5. The molecule has 0 unspecified atom stereocenters. The van der Waals surface area contributed by atoms with E-state index >= 15 is 0 Å². The van der Waals surface area contributed by atoms with Gasteiger partial charge in [-0.2, -0.15) is 0 Å². The van der Waals surface area contributed by atoms with Gasteiger partial charge in [-0.15, -0.1) is 0 Å². The second kappa shape index (κ2) is 7.87. The summed E-state index contributed by atoms with van der Waals surface area (Å²) in [6, 6.07) is 5.04. The predicted octanol–water partition coefficient (Wildman–Crippen LogP) is 3.36. The number of carbonyl (C=O) groups is 1. The van der Waals surface area contributed by atoms with Gasteiger partial charge in [-0.05, 0) is 39.0 Å². The Kier molecular flexibility index (Phi) is 5.84. The highest BCUT2D eigenvalue weighted by Crippen LogP contribution is 2.21. The molecule has 1 aromatic heterocycles. The van der Waals surface area contributed by atoms with Gasteiger partial charge in [-0.3, -0.25) is 0 Å². The normalized spacial score (nSPS) is 11.1. The van der Waals surface area contributed by atoms with Crippen molar-refractivity contribution in [2.24, 2.45) is 0 Å². The van der Waals surface area contributed by atoms with E-state index < -0.39 is 29.1 Å². The zero-order valence-corrected chi connectivity index (χ0v) is 14.2. The van der Waals surface area contributed by atoms with E-state index in [0.717, 1.165) is 12.1 Å². The summed E-state index contributed by atoms with van der Waals surface area (Å²) in [7, 11) is 0. The van der Waals surface area contributed by atoms with Crippen molar-refractivity contribution in [3.8, 4) is 5.75 Å². The van der Waals surface area contributed by atoms with Crippen LogP contribution in [0.2, 0.25) is 0 Å². The number of nitrogens with zero attached hydrogens (tertiary/aromatic N) is 2. The van der Waals surface area contributed by atoms with E-state index in [4.69, 9.17) is 9.47 Å². The molecule has 0 saturated heterocycles. The Bertz CT molecular complexity index is 728. The number of nitrogens with one attached hydrogen (secondary N) is 1. The Hall–Kier alpha value is -2.77. The van der Waals surface area contributed by atoms with E-state index in [2.05, 4.69) is 15.3 Å². The number of hydrogen-bond donors (Lipinski definition) is 1. The molecular weight excluding hydrogens is 332 g/mol. The number of benzene rings is 1. The molecule has 0 aliphatic carbocycles. The quantitative estimate of drug-likeness (QED) is 0.894. The average molecular weight is 351 g/mol. The number of amides is 1. The van der Waals surface area contributed by atoms with Gasteiger partial charge >= 0.3 is 6.09 Å². The molecule has 1 N–H and O–H groups in total. The SMILES string of the molecule is CC(C)(C)OC(=O)NCc1ccnc(COc2c(F)cccc2F)n1. The van der Waals surface area contributed by atoms with E-state index in [0.29, 0.717) is 5.69 Å². The lowest BCUT2D eigenvalue weighted by atomic mass is 10.2. The van der Waals surface area contributed by atoms with Crippen LogP contribution in [0, 0.1) is 11.6 Å². The first-order valence-electron chi connectivity index (χ1n) is 7.59. The zero-order chi connectivity index (χ0) is 18.4. The summed E-state index contributed by atoms with van der Waals surface area (Å²) in [5.74, 6) is -1.86. The summed E-state index contributed by atoms with van der Waals surface area (Å²) in [6.45, 7) is 5.19. The van der Waals surface area contributed by atoms with Crippen molar-refractivity contribution in [1.82, 2.24) is 15.3 Å². The summed E-state index contributed by atoms with van der Waals surface area (Å²) in [5, 5.41) is 2.56. The van der Waals surface area contributed by atoms with E-state index in [1.54, 1.807) is 26.8 Å². The maximum Gasteiger partial charge on any atom is 0.407 e. The third-order valence-corrected chi connectivity index (χ3v) is 2.84. The molecule has 8 heteroatoms. The minimum atomic E-state index is -0.803. The van der Waals surface area contributed by atoms with Crippen molar-refractivity contribution >= 4 is 6.09 Å². The van der Waals surface area contributed by atoms with Crippen molar-refractivity contribution in [3.63, 3.8) is 0 Å². The number of halogens is 2. The summed E-state index contributed by atoms with van der Waals surface area (Å²) in [5.41, 5.74) is -0.0908. The maximum atomic E-state index is 13.5. The standard InChI is InChI=1S/C17H19F2N3O3/c1-17(2,3)25-16(23)21-9-11-7-8-20-14(22-11)10-24-15-12(18)5-4-6-13(15)19/h4-8H,9-10H2,1-3H3,(H,21,23). The summed E-state index contributed by atoms with van der Waals surface area (Å²) in [6.07, 6.45) is 0.896. The molecule has 1 heterocycles. The van der Waals surface area contributed by atoms with Gasteiger partial charge in [0.25, 0.3) is 0 Å². The van der Waals surface area contributed by atoms with Gasteiger partial charge in [0.2, 0.25) is 0 Å². The molecule has 0 saturated carbocycles. The first-order chi connectivity index (χ1) is 11.7. The van der Waals surface area contributed by atoms with Crippen molar-refractivity contribution in [2.45, 2.75) is 39.5 Å². The molecule has 134 valence electrons. The van der Waals surface area contributed by atoms with Gasteiger partial charge in [-0.25, -0.2) is 23.5 Å². The van der Waals surface area contributed by atoms with Crippen LogP contribution < -0.4 is 10.1 Å². The summed E-state index contributed by atoms with van der Waals surface area (Å²) < 4.78 is 37.3. The Morgan fingerprint density at radius 3 is 2.52 bits per heavy atom. The molecule has 6 nitrogen and oxygen atoms in total. The molecule has 25 heavy (non-hydrogen) atoms. The van der Waals surface area contributed by atoms with Gasteiger partial charge in [0.1, 0.15) is 12.2 Å². The fraction of sp³-hybridized carbons (Fsp3) is 0.353. The van der Waals surface area contributed by atoms with E-state index in [9.17, 15) is 13.6 Å². The van der Waals surface area contributed by atoms with Crippen LogP contribution in [0.25, 0.3) is 0 Å². The van der Waals surface area contributed by atoms with E-state index in [1.165, 1.54) is 12.3 Å². The first kappa shape index (κ1) is 18.6. The van der Waals surface area contributed by atoms with Crippen LogP contribution in [0.3, 0.4) is 0 Å². The van der Waals surface area contributed by atoms with E-state index in [1.807, 2.05) is 0 Å². The smallest absolute Gasteiger partial charge is 0.407 e. The van der Waals surface area contributed by atoms with Gasteiger partial charge < -0.3 is 14.8 Å². The molecule has 1 aromatic carbocycles. The van der Waals surface area contributed by atoms with Crippen molar-refractivity contribution in [2.75, 3.05) is 0 Å². The number of rotatable bonds is 5. The molecule has 0 bridgehead atoms. The Balaban J connectivity index is 1.94. The fourth-order valence-electron chi connectivity index (χ4n) is 1.84. The number of alkyl carbamates (subject to hydrolysis) is 1. The van der Waals surface area contributed by atoms with Crippen molar-refractivity contribution in [1.29, 1.82) is 0 Å². The van der Waals surface area contributed by atoms with E-state index in [-0.39, 0.29) is 19.0 Å². The highest BCUT2D eigenvalue weighted by molar-refractivity contribution is 5.67. The number of hydrogen-bond acceptors (Lipinski definition) is 5. The van der Waals surface area contributed by atoms with Gasteiger partial charge in [0.05, 0.1) is 12.2 Å². The Labute approximate surface area is 144 Å². The highest BCUT2D eigenvalue weighted by Gasteiger charge is 2.16. The van der Waals surface area contributed by atoms with Crippen LogP contribution in [-0.4, -0.2) is 21.7 Å². The number of aromatic nitrogens is 2. The molecule has 2 rings (SSSR count). The number of para-hydroxylation sites is 1. The lowest BCUT2D eigenvalue weighted by molar-refractivity contribution is 0.0523. The average Bonchev–Trinajstić information content (AvgIpc) is 2.51. The number of carbonyl (C=O) groups excluding carboxylic acids is 1. The lowest BCUT2D eigenvalue weighted by Gasteiger charge is -2.19. The lowest BCUT2D eigenvalue weighted by Crippen LogP contribution is -2.32. The fourth-order valence-corrected chi connectivity index (χ4v) is 1.84. The second-order valence-corrected chi connectivity index (χ2v) is 6.16. The van der Waals surface area contributed by atoms with Crippen LogP contribution in [-0.2, 0) is 17.9 Å². The van der Waals surface area contributed by atoms with Gasteiger partial charge in [-0.1, -0.05) is 6.07 Å². The molecule has 0 fully saturated rings. The van der Waals surface area contributed by atoms with Gasteiger partial charge in [0, 0.05) is 6.20 Å². The largest absolute Gasteiger partial charge is 0.479 e. The zero-order valence-electron chi connectivity index (χ0n) is 14.2. The first-order valence-corrected chi connectivity index (χ1v) is 7.59. The van der Waals surface area contributed by atoms with Crippen LogP contribution in [0.1, 0.15) is 32.3 Å². The van der Waals surface area contributed by atoms with Crippen LogP contribution in [0.5, 0.6) is 5.75 Å². The minimum absolute atomic E-state index is 0.124. The molecule has 0 aliphatic heterocycles. The molecule has 0 aliphatic rings. The van der Waals surface area contributed by atoms with Crippen LogP contribution in [0.15, 0.2) is 30.5 Å². The second-order valence-electron chi connectivity index (χ2n) is 6.16. The van der Waals surface area contributed by atoms with Crippen LogP contribution >= 0.6 is 0 Å². The highest BCUT2D eigenvalue weighted by atomic mass is 19.1. The van der Waals surface area contributed by atoms with Crippen molar-refractivity contribution in [3.05, 3.63) is 53.6 Å². The van der Waals surface area contributed by atoms with Gasteiger partial charge in [0.15, 0.2) is 23.2 Å². The third kappa shape index (κ3) is 5.98. The topological polar surface area (TPSA) is 73.3 Å². The third-order valence-electron chi connectivity index (χ3n) is 2.84. The summed E-state index contributed by atoms with van der Waals surface area (Å²) >= 11 is 0. The Morgan fingerprint density at radius 2 is 1.88 bits per heavy atom. The minimum Gasteiger partial charge on any atom is -0.479 e. The molecule has 0 radical (unpaired) electrons. The summed E-state index contributed by atoms with van der Waals surface area (Å²) in [4.78, 5) is 19.8. The molecule has 2 aromatic rings. The molecule has 0 atom stereocenters. The molecule has 1 amide bonds. The van der Waals surface area contributed by atoms with Crippen LogP contribution in [0.4, 0.5) is 13.6 Å². The monoisotopic (exact) mass is 351 g/mol. The Morgan fingerprint density at radius 1 is 1.20 bits per heavy atom. The van der Waals surface area contributed by atoms with Crippen molar-refractivity contribution < 1.29 is 23.0 Å². The molecular formula is C17H19F2N3O3. The number of ether oxygens (including phenoxy) is 2. The predicted molar refractivity (Wildman–Crippen MR) is 85.8 cm³/mol. The molecule has 0 spiro atoms.